The van der Waals surface area contributed by atoms with Crippen LogP contribution in [0.3, 0.4) is 0 Å². The maximum Gasteiger partial charge on any atom is 0.0548 e. The van der Waals surface area contributed by atoms with Gasteiger partial charge in [-0.25, -0.2) is 0 Å². The fourth-order valence-corrected chi connectivity index (χ4v) is 18.3. The van der Waals surface area contributed by atoms with Crippen LogP contribution in [0.25, 0.3) is 198 Å². The quantitative estimate of drug-likeness (QED) is 0.138. The first-order valence-electron chi connectivity index (χ1n) is 39.1. The van der Waals surface area contributed by atoms with Crippen LogP contribution >= 0.6 is 0 Å². The van der Waals surface area contributed by atoms with Gasteiger partial charge < -0.3 is 27.4 Å². The average molecular weight is 1450 g/mol. The van der Waals surface area contributed by atoms with Crippen LogP contribution in [-0.2, 0) is 0 Å². The lowest BCUT2D eigenvalue weighted by molar-refractivity contribution is 1.17. The van der Waals surface area contributed by atoms with Crippen molar-refractivity contribution in [3.63, 3.8) is 0 Å². The Balaban J connectivity index is 0.000000106. The highest BCUT2D eigenvalue weighted by molar-refractivity contribution is 6.32. The Hall–Kier alpha value is -15.2. The van der Waals surface area contributed by atoms with Crippen molar-refractivity contribution < 1.29 is 0 Å². The average Bonchev–Trinajstić information content (AvgIpc) is 1.56. The smallest absolute Gasteiger partial charge is 0.0548 e. The molecule has 0 N–H and O–H groups in total. The van der Waals surface area contributed by atoms with E-state index in [1.165, 1.54) is 187 Å². The molecule has 114 heavy (non-hydrogen) atoms. The molecule has 534 valence electrons. The van der Waals surface area contributed by atoms with Crippen LogP contribution in [0.15, 0.2) is 437 Å². The number of rotatable bonds is 9. The fraction of sp³-hybridized carbons (Fsp3) is 0. The number of aromatic nitrogens is 6. The molecule has 0 aliphatic carbocycles. The van der Waals surface area contributed by atoms with E-state index < -0.39 is 0 Å². The predicted octanol–water partition coefficient (Wildman–Crippen LogP) is 28.6. The SMILES string of the molecule is c1ccc(-c2ccc(-n3c4ccccc4c4c5c6ccccc6n(-c6ccc(-c7ccccc7)cc6)c5ccc43)cc2)cc1.c1ccc(-c2ccc(-n3c4ccccc4c4c5c6ccccc6n(-c6ccccc6)c5ccc43)cc2)cc1.c1ccc(-n2c3ccccc3c3c4c5ccccc5n(-c5ccccc5)c4ccc32)cc1. The highest BCUT2D eigenvalue weighted by Gasteiger charge is 2.25. The van der Waals surface area contributed by atoms with Gasteiger partial charge in [0.1, 0.15) is 0 Å². The standard InChI is InChI=1S/C42H28N2.C36H24N2.C30H20N2/c1-3-11-29(12-4-1)31-19-23-33(24-20-31)43-37-17-9-7-15-35(37)41-39(43)27-28-40-42(41)36-16-8-10-18-38(36)44(40)34-25-21-32(22-26-34)30-13-5-2-6-14-30;1-3-11-25(12-4-1)26-19-21-28(22-20-26)38-32-18-10-8-16-30(32)36-34(38)24-23-33-35(36)29-15-7-9-17-31(29)37(33)27-13-5-2-6-14-27;1-3-11-21(12-4-1)31-25-17-9-7-15-23(25)29-27(31)19-20-28-30(29)24-16-8-10-18-26(24)32(28)22-13-5-2-6-14-22/h1-28H;1-24H;1-20H. The van der Waals surface area contributed by atoms with E-state index >= 15 is 0 Å². The first kappa shape index (κ1) is 65.8. The van der Waals surface area contributed by atoms with E-state index in [4.69, 9.17) is 0 Å². The summed E-state index contributed by atoms with van der Waals surface area (Å²) in [5.74, 6) is 0. The summed E-state index contributed by atoms with van der Waals surface area (Å²) in [7, 11) is 0. The Labute approximate surface area is 658 Å². The van der Waals surface area contributed by atoms with Gasteiger partial charge in [-0.3, -0.25) is 0 Å². The Morgan fingerprint density at radius 1 is 0.0965 bits per heavy atom. The summed E-state index contributed by atoms with van der Waals surface area (Å²) in [5, 5.41) is 15.5. The Morgan fingerprint density at radius 2 is 0.237 bits per heavy atom. The molecule has 0 aliphatic rings. The van der Waals surface area contributed by atoms with E-state index in [1.807, 2.05) is 0 Å². The molecule has 0 radical (unpaired) electrons. The van der Waals surface area contributed by atoms with Crippen molar-refractivity contribution in [3.8, 4) is 67.5 Å². The van der Waals surface area contributed by atoms with E-state index in [-0.39, 0.29) is 0 Å². The molecule has 0 fully saturated rings. The summed E-state index contributed by atoms with van der Waals surface area (Å²) in [5.41, 5.74) is 29.1. The highest BCUT2D eigenvalue weighted by Crippen LogP contribution is 2.47. The molecule has 0 saturated heterocycles. The number of para-hydroxylation sites is 9. The normalized spacial score (nSPS) is 11.7. The van der Waals surface area contributed by atoms with Crippen molar-refractivity contribution in [2.75, 3.05) is 0 Å². The zero-order valence-corrected chi connectivity index (χ0v) is 62.3. The van der Waals surface area contributed by atoms with Crippen molar-refractivity contribution in [3.05, 3.63) is 437 Å². The third-order valence-electron chi connectivity index (χ3n) is 23.2. The third-order valence-corrected chi connectivity index (χ3v) is 23.2. The van der Waals surface area contributed by atoms with Gasteiger partial charge in [0.2, 0.25) is 0 Å². The van der Waals surface area contributed by atoms with Gasteiger partial charge in [-0.05, 0) is 179 Å². The van der Waals surface area contributed by atoms with Crippen LogP contribution < -0.4 is 0 Å². The van der Waals surface area contributed by atoms with Crippen molar-refractivity contribution in [2.45, 2.75) is 0 Å². The Bertz CT molecular complexity index is 7450. The van der Waals surface area contributed by atoms with E-state index in [9.17, 15) is 0 Å². The molecule has 0 aliphatic heterocycles. The Kier molecular flexibility index (Phi) is 15.8. The molecule has 24 aromatic rings. The van der Waals surface area contributed by atoms with Crippen molar-refractivity contribution in [2.24, 2.45) is 0 Å². The fourth-order valence-electron chi connectivity index (χ4n) is 18.3. The molecule has 18 aromatic carbocycles. The second-order valence-electron chi connectivity index (χ2n) is 29.4. The first-order chi connectivity index (χ1) is 56.6. The highest BCUT2D eigenvalue weighted by atomic mass is 15.0. The molecule has 6 heterocycles. The summed E-state index contributed by atoms with van der Waals surface area (Å²) in [4.78, 5) is 0. The zero-order valence-electron chi connectivity index (χ0n) is 62.3. The van der Waals surface area contributed by atoms with Gasteiger partial charge in [-0.1, -0.05) is 291 Å². The summed E-state index contributed by atoms with van der Waals surface area (Å²) in [6, 6.07) is 157. The molecule has 0 spiro atoms. The number of hydrogen-bond acceptors (Lipinski definition) is 0. The number of fused-ring (bicyclic) bond motifs is 21. The van der Waals surface area contributed by atoms with E-state index in [1.54, 1.807) is 0 Å². The van der Waals surface area contributed by atoms with Gasteiger partial charge in [-0.2, -0.15) is 0 Å². The van der Waals surface area contributed by atoms with Crippen molar-refractivity contribution in [1.29, 1.82) is 0 Å². The van der Waals surface area contributed by atoms with Crippen LogP contribution in [0.1, 0.15) is 0 Å². The van der Waals surface area contributed by atoms with Crippen LogP contribution in [-0.4, -0.2) is 27.4 Å². The molecule has 24 rings (SSSR count). The van der Waals surface area contributed by atoms with Gasteiger partial charge in [0.15, 0.2) is 0 Å². The van der Waals surface area contributed by atoms with Gasteiger partial charge in [0.25, 0.3) is 0 Å². The lowest BCUT2D eigenvalue weighted by atomic mass is 10.1. The van der Waals surface area contributed by atoms with Crippen LogP contribution in [0.4, 0.5) is 0 Å². The molecular weight excluding hydrogens is 1380 g/mol. The number of nitrogens with zero attached hydrogens (tertiary/aromatic N) is 6. The molecule has 6 aromatic heterocycles. The van der Waals surface area contributed by atoms with E-state index in [0.29, 0.717) is 0 Å². The maximum absolute atomic E-state index is 2.42. The van der Waals surface area contributed by atoms with E-state index in [0.717, 1.165) is 11.4 Å². The topological polar surface area (TPSA) is 29.6 Å². The Morgan fingerprint density at radius 3 is 0.421 bits per heavy atom. The minimum atomic E-state index is 1.16. The van der Waals surface area contributed by atoms with Gasteiger partial charge in [0, 0.05) is 98.8 Å². The molecule has 0 unspecified atom stereocenters. The molecular formula is C108H72N6. The lowest BCUT2D eigenvalue weighted by Crippen LogP contribution is -1.95. The van der Waals surface area contributed by atoms with Crippen LogP contribution in [0.5, 0.6) is 0 Å². The monoisotopic (exact) mass is 1450 g/mol. The minimum Gasteiger partial charge on any atom is -0.309 e. The molecule has 6 heteroatoms. The predicted molar refractivity (Wildman–Crippen MR) is 482 cm³/mol. The summed E-state index contributed by atoms with van der Waals surface area (Å²) in [6.07, 6.45) is 0. The van der Waals surface area contributed by atoms with Gasteiger partial charge in [0.05, 0.1) is 66.2 Å². The first-order valence-corrected chi connectivity index (χ1v) is 39.1. The third kappa shape index (κ3) is 10.7. The van der Waals surface area contributed by atoms with Crippen LogP contribution in [0, 0.1) is 0 Å². The number of benzene rings is 18. The van der Waals surface area contributed by atoms with Gasteiger partial charge >= 0.3 is 0 Å². The molecule has 0 atom stereocenters. The number of hydrogen-bond donors (Lipinski definition) is 0. The molecule has 0 amide bonds. The van der Waals surface area contributed by atoms with Crippen LogP contribution in [0.2, 0.25) is 0 Å². The second kappa shape index (κ2) is 27.4. The van der Waals surface area contributed by atoms with Crippen molar-refractivity contribution in [1.82, 2.24) is 27.4 Å². The summed E-state index contributed by atoms with van der Waals surface area (Å²) in [6.45, 7) is 0. The minimum absolute atomic E-state index is 1.16. The lowest BCUT2D eigenvalue weighted by Gasteiger charge is -2.11. The zero-order chi connectivity index (χ0) is 75.2. The largest absolute Gasteiger partial charge is 0.309 e. The maximum atomic E-state index is 2.42. The summed E-state index contributed by atoms with van der Waals surface area (Å²) < 4.78 is 14.4. The van der Waals surface area contributed by atoms with Crippen molar-refractivity contribution >= 4 is 131 Å². The van der Waals surface area contributed by atoms with Gasteiger partial charge in [-0.15, -0.1) is 0 Å². The summed E-state index contributed by atoms with van der Waals surface area (Å²) >= 11 is 0. The second-order valence-corrected chi connectivity index (χ2v) is 29.4. The molecule has 0 bridgehead atoms. The molecule has 0 saturated carbocycles. The molecule has 6 nitrogen and oxygen atoms in total. The van der Waals surface area contributed by atoms with E-state index in [2.05, 4.69) is 464 Å².